The number of aromatic nitrogens is 2. The van der Waals surface area contributed by atoms with Gasteiger partial charge in [-0.05, 0) is 50.5 Å². The monoisotopic (exact) mass is 339 g/mol. The van der Waals surface area contributed by atoms with Crippen LogP contribution in [0.1, 0.15) is 50.0 Å². The molecule has 2 aliphatic carbocycles. The summed E-state index contributed by atoms with van der Waals surface area (Å²) in [4.78, 5) is 17.4. The molecule has 2 aliphatic rings. The summed E-state index contributed by atoms with van der Waals surface area (Å²) in [5, 5.41) is 7.27. The highest BCUT2D eigenvalue weighted by Crippen LogP contribution is 2.56. The lowest BCUT2D eigenvalue weighted by molar-refractivity contribution is -0.127. The van der Waals surface area contributed by atoms with Gasteiger partial charge in [0.25, 0.3) is 0 Å². The molecule has 1 heterocycles. The third kappa shape index (κ3) is 2.96. The topological polar surface area (TPSA) is 68.0 Å². The second-order valence-corrected chi connectivity index (χ2v) is 7.50. The zero-order valence-corrected chi connectivity index (χ0v) is 14.9. The molecule has 25 heavy (non-hydrogen) atoms. The molecule has 1 amide bonds. The minimum Gasteiger partial charge on any atom is -0.356 e. The number of aryl methyl sites for hydroxylation is 1. The van der Waals surface area contributed by atoms with Crippen LogP contribution in [0.25, 0.3) is 11.4 Å². The van der Waals surface area contributed by atoms with Crippen LogP contribution >= 0.6 is 0 Å². The van der Waals surface area contributed by atoms with Crippen LogP contribution in [0.4, 0.5) is 0 Å². The molecule has 0 spiro atoms. The molecule has 1 aromatic carbocycles. The number of carbonyl (C=O) groups is 1. The molecule has 2 fully saturated rings. The van der Waals surface area contributed by atoms with Crippen molar-refractivity contribution in [3.63, 3.8) is 0 Å². The number of benzene rings is 1. The number of nitrogens with one attached hydrogen (secondary N) is 1. The second kappa shape index (κ2) is 6.62. The number of carbonyl (C=O) groups excluding carboxylic acids is 1. The molecule has 0 radical (unpaired) electrons. The summed E-state index contributed by atoms with van der Waals surface area (Å²) in [6.07, 6.45) is 4.37. The van der Waals surface area contributed by atoms with E-state index in [0.717, 1.165) is 37.8 Å². The number of hydrogen-bond acceptors (Lipinski definition) is 4. The van der Waals surface area contributed by atoms with Gasteiger partial charge in [-0.2, -0.15) is 4.98 Å². The molecule has 2 bridgehead atoms. The Labute approximate surface area is 148 Å². The van der Waals surface area contributed by atoms with Gasteiger partial charge in [0.1, 0.15) is 0 Å². The minimum absolute atomic E-state index is 0.0175. The van der Waals surface area contributed by atoms with E-state index in [1.165, 1.54) is 5.56 Å². The maximum absolute atomic E-state index is 12.7. The van der Waals surface area contributed by atoms with Crippen molar-refractivity contribution in [2.24, 2.45) is 17.8 Å². The van der Waals surface area contributed by atoms with Crippen LogP contribution in [0.15, 0.2) is 28.8 Å². The smallest absolute Gasteiger partial charge is 0.231 e. The summed E-state index contributed by atoms with van der Waals surface area (Å²) in [7, 11) is 0. The van der Waals surface area contributed by atoms with Gasteiger partial charge in [-0.3, -0.25) is 4.79 Å². The zero-order chi connectivity index (χ0) is 17.4. The highest BCUT2D eigenvalue weighted by molar-refractivity contribution is 5.80. The quantitative estimate of drug-likeness (QED) is 0.902. The predicted octanol–water partition coefficient (Wildman–Crippen LogP) is 3.70. The van der Waals surface area contributed by atoms with Gasteiger partial charge in [0.05, 0.1) is 11.8 Å². The molecule has 0 saturated heterocycles. The van der Waals surface area contributed by atoms with Gasteiger partial charge in [-0.15, -0.1) is 0 Å². The van der Waals surface area contributed by atoms with Crippen LogP contribution in [0.2, 0.25) is 0 Å². The lowest BCUT2D eigenvalue weighted by Gasteiger charge is -2.27. The van der Waals surface area contributed by atoms with Gasteiger partial charge >= 0.3 is 0 Å². The third-order valence-electron chi connectivity index (χ3n) is 5.77. The van der Waals surface area contributed by atoms with E-state index >= 15 is 0 Å². The fraction of sp³-hybridized carbons (Fsp3) is 0.550. The first kappa shape index (κ1) is 16.3. The SMILES string of the molecule is CCCNC(=O)[C@H]1[C@H]2CC[C@H](C2)[C@@H]1c1nc(-c2cccc(C)c2)no1. The summed E-state index contributed by atoms with van der Waals surface area (Å²) >= 11 is 0. The van der Waals surface area contributed by atoms with Crippen LogP contribution in [0.5, 0.6) is 0 Å². The summed E-state index contributed by atoms with van der Waals surface area (Å²) < 4.78 is 5.64. The van der Waals surface area contributed by atoms with E-state index in [1.54, 1.807) is 0 Å². The van der Waals surface area contributed by atoms with E-state index in [1.807, 2.05) is 12.1 Å². The zero-order valence-electron chi connectivity index (χ0n) is 14.9. The van der Waals surface area contributed by atoms with Gasteiger partial charge in [0, 0.05) is 12.1 Å². The number of nitrogens with zero attached hydrogens (tertiary/aromatic N) is 2. The van der Waals surface area contributed by atoms with E-state index in [-0.39, 0.29) is 17.7 Å². The molecule has 0 unspecified atom stereocenters. The van der Waals surface area contributed by atoms with Gasteiger partial charge in [0.15, 0.2) is 0 Å². The number of hydrogen-bond donors (Lipinski definition) is 1. The van der Waals surface area contributed by atoms with Gasteiger partial charge in [-0.1, -0.05) is 35.8 Å². The molecule has 5 nitrogen and oxygen atoms in total. The largest absolute Gasteiger partial charge is 0.356 e. The number of fused-ring (bicyclic) bond motifs is 2. The Balaban J connectivity index is 1.60. The standard InChI is InChI=1S/C20H25N3O2/c1-3-9-21-19(24)16-13-7-8-14(11-13)17(16)20-22-18(23-25-20)15-6-4-5-12(2)10-15/h4-6,10,13-14,16-17H,3,7-9,11H2,1-2H3,(H,21,24)/t13-,14+,16-,17-/m0/s1. The van der Waals surface area contributed by atoms with Crippen molar-refractivity contribution >= 4 is 5.91 Å². The molecule has 2 saturated carbocycles. The molecule has 4 atom stereocenters. The molecule has 1 N–H and O–H groups in total. The average molecular weight is 339 g/mol. The van der Waals surface area contributed by atoms with Gasteiger partial charge in [0.2, 0.25) is 17.6 Å². The Kier molecular flexibility index (Phi) is 4.32. The summed E-state index contributed by atoms with van der Waals surface area (Å²) in [6.45, 7) is 4.86. The van der Waals surface area contributed by atoms with Crippen LogP contribution in [-0.4, -0.2) is 22.6 Å². The van der Waals surface area contributed by atoms with Crippen LogP contribution in [0.3, 0.4) is 0 Å². The van der Waals surface area contributed by atoms with Crippen molar-refractivity contribution in [3.05, 3.63) is 35.7 Å². The Morgan fingerprint density at radius 2 is 2.16 bits per heavy atom. The summed E-state index contributed by atoms with van der Waals surface area (Å²) in [5.41, 5.74) is 2.13. The molecule has 5 heteroatoms. The summed E-state index contributed by atoms with van der Waals surface area (Å²) in [5.74, 6) is 2.43. The fourth-order valence-corrected chi connectivity index (χ4v) is 4.66. The van der Waals surface area contributed by atoms with Crippen molar-refractivity contribution in [3.8, 4) is 11.4 Å². The Morgan fingerprint density at radius 1 is 1.32 bits per heavy atom. The Morgan fingerprint density at radius 3 is 2.96 bits per heavy atom. The average Bonchev–Trinajstić information content (AvgIpc) is 3.34. The van der Waals surface area contributed by atoms with Crippen molar-refractivity contribution in [2.75, 3.05) is 6.54 Å². The van der Waals surface area contributed by atoms with E-state index in [9.17, 15) is 4.79 Å². The first-order chi connectivity index (χ1) is 12.2. The normalized spacial score (nSPS) is 27.6. The number of amides is 1. The molecular weight excluding hydrogens is 314 g/mol. The molecule has 4 rings (SSSR count). The lowest BCUT2D eigenvalue weighted by Crippen LogP contribution is -2.37. The van der Waals surface area contributed by atoms with E-state index in [2.05, 4.69) is 41.4 Å². The van der Waals surface area contributed by atoms with E-state index < -0.39 is 0 Å². The van der Waals surface area contributed by atoms with E-state index in [4.69, 9.17) is 4.52 Å². The first-order valence-corrected chi connectivity index (χ1v) is 9.35. The van der Waals surface area contributed by atoms with Crippen molar-refractivity contribution in [1.29, 1.82) is 0 Å². The Hall–Kier alpha value is -2.17. The van der Waals surface area contributed by atoms with Crippen LogP contribution in [0, 0.1) is 24.7 Å². The number of rotatable bonds is 5. The van der Waals surface area contributed by atoms with Crippen LogP contribution < -0.4 is 5.32 Å². The first-order valence-electron chi connectivity index (χ1n) is 9.35. The molecule has 2 aromatic rings. The van der Waals surface area contributed by atoms with E-state index in [0.29, 0.717) is 23.6 Å². The van der Waals surface area contributed by atoms with Crippen molar-refractivity contribution in [2.45, 2.75) is 45.4 Å². The van der Waals surface area contributed by atoms with Gasteiger partial charge < -0.3 is 9.84 Å². The molecule has 1 aromatic heterocycles. The summed E-state index contributed by atoms with van der Waals surface area (Å²) in [6, 6.07) is 8.10. The Bertz CT molecular complexity index is 770. The molecular formula is C20H25N3O2. The minimum atomic E-state index is -0.0175. The maximum Gasteiger partial charge on any atom is 0.231 e. The lowest BCUT2D eigenvalue weighted by atomic mass is 9.78. The third-order valence-corrected chi connectivity index (χ3v) is 5.77. The second-order valence-electron chi connectivity index (χ2n) is 7.50. The predicted molar refractivity (Wildman–Crippen MR) is 94.8 cm³/mol. The van der Waals surface area contributed by atoms with Gasteiger partial charge in [-0.25, -0.2) is 0 Å². The molecule has 0 aliphatic heterocycles. The molecule has 132 valence electrons. The van der Waals surface area contributed by atoms with Crippen molar-refractivity contribution in [1.82, 2.24) is 15.5 Å². The maximum atomic E-state index is 12.7. The highest BCUT2D eigenvalue weighted by atomic mass is 16.5. The van der Waals surface area contributed by atoms with Crippen LogP contribution in [-0.2, 0) is 4.79 Å². The highest BCUT2D eigenvalue weighted by Gasteiger charge is 2.53. The van der Waals surface area contributed by atoms with Crippen molar-refractivity contribution < 1.29 is 9.32 Å². The fourth-order valence-electron chi connectivity index (χ4n) is 4.66.